The molecule has 1 fully saturated rings. The molecular weight excluding hydrogens is 416 g/mol. The highest BCUT2D eigenvalue weighted by atomic mass is 16.5. The first-order valence-electron chi connectivity index (χ1n) is 11.5. The van der Waals surface area contributed by atoms with Gasteiger partial charge in [-0.15, -0.1) is 0 Å². The fourth-order valence-electron chi connectivity index (χ4n) is 4.49. The van der Waals surface area contributed by atoms with Gasteiger partial charge >= 0.3 is 0 Å². The SMILES string of the molecule is Cc1cc(Nc2nc(C)cc(C)n2)cc([C@H]2CCCN(C(=O)c3c(C(C)C)noc3C)C2)n1. The number of carbonyl (C=O) groups is 1. The normalized spacial score (nSPS) is 16.3. The van der Waals surface area contributed by atoms with E-state index in [0.29, 0.717) is 23.8 Å². The molecule has 0 saturated carbocycles. The fraction of sp³-hybridized carbons (Fsp3) is 0.480. The first-order valence-corrected chi connectivity index (χ1v) is 11.5. The Morgan fingerprint density at radius 3 is 2.45 bits per heavy atom. The highest BCUT2D eigenvalue weighted by Gasteiger charge is 2.31. The molecule has 1 saturated heterocycles. The second-order valence-electron chi connectivity index (χ2n) is 9.27. The van der Waals surface area contributed by atoms with Crippen molar-refractivity contribution in [2.75, 3.05) is 18.4 Å². The lowest BCUT2D eigenvalue weighted by Crippen LogP contribution is -2.39. The standard InChI is InChI=1S/C25H32N6O2/c1-14(2)23-22(18(6)33-30-23)24(32)31-9-7-8-19(13-31)21-12-20(11-17(5)26-21)29-25-27-15(3)10-16(4)28-25/h10-12,14,19H,7-9,13H2,1-6H3,(H,26,27,28,29)/t19-/m0/s1. The predicted molar refractivity (Wildman–Crippen MR) is 127 cm³/mol. The molecule has 0 aliphatic carbocycles. The first-order chi connectivity index (χ1) is 15.7. The molecule has 1 aliphatic rings. The quantitative estimate of drug-likeness (QED) is 0.588. The number of carbonyl (C=O) groups excluding carboxylic acids is 1. The number of rotatable bonds is 5. The average molecular weight is 449 g/mol. The summed E-state index contributed by atoms with van der Waals surface area (Å²) < 4.78 is 5.36. The number of aryl methyl sites for hydroxylation is 4. The lowest BCUT2D eigenvalue weighted by Gasteiger charge is -2.33. The van der Waals surface area contributed by atoms with Crippen LogP contribution in [-0.2, 0) is 0 Å². The van der Waals surface area contributed by atoms with Crippen LogP contribution >= 0.6 is 0 Å². The molecule has 4 rings (SSSR count). The largest absolute Gasteiger partial charge is 0.361 e. The zero-order chi connectivity index (χ0) is 23.7. The molecule has 0 spiro atoms. The molecule has 3 aromatic heterocycles. The number of anilines is 2. The van der Waals surface area contributed by atoms with Crippen molar-refractivity contribution in [3.8, 4) is 0 Å². The van der Waals surface area contributed by atoms with Crippen molar-refractivity contribution in [2.24, 2.45) is 0 Å². The zero-order valence-electron chi connectivity index (χ0n) is 20.3. The Morgan fingerprint density at radius 1 is 1.06 bits per heavy atom. The Balaban J connectivity index is 1.56. The van der Waals surface area contributed by atoms with Crippen LogP contribution in [-0.4, -0.2) is 44.0 Å². The molecule has 174 valence electrons. The van der Waals surface area contributed by atoms with Crippen molar-refractivity contribution in [3.05, 3.63) is 58.0 Å². The van der Waals surface area contributed by atoms with Gasteiger partial charge in [-0.3, -0.25) is 9.78 Å². The van der Waals surface area contributed by atoms with Crippen molar-refractivity contribution in [1.82, 2.24) is 25.0 Å². The van der Waals surface area contributed by atoms with Gasteiger partial charge in [0.15, 0.2) is 0 Å². The molecule has 3 aromatic rings. The highest BCUT2D eigenvalue weighted by molar-refractivity contribution is 5.96. The Hall–Kier alpha value is -3.29. The molecule has 4 heterocycles. The maximum atomic E-state index is 13.4. The molecule has 33 heavy (non-hydrogen) atoms. The first kappa shape index (κ1) is 22.9. The summed E-state index contributed by atoms with van der Waals surface area (Å²) in [6.45, 7) is 13.1. The number of amides is 1. The van der Waals surface area contributed by atoms with Crippen LogP contribution in [0.1, 0.15) is 83.1 Å². The van der Waals surface area contributed by atoms with E-state index in [9.17, 15) is 4.79 Å². The van der Waals surface area contributed by atoms with Gasteiger partial charge in [-0.25, -0.2) is 9.97 Å². The van der Waals surface area contributed by atoms with Gasteiger partial charge in [0.25, 0.3) is 5.91 Å². The Kier molecular flexibility index (Phi) is 6.44. The van der Waals surface area contributed by atoms with Crippen LogP contribution in [0.3, 0.4) is 0 Å². The molecule has 0 radical (unpaired) electrons. The number of nitrogens with zero attached hydrogens (tertiary/aromatic N) is 5. The molecule has 0 unspecified atom stereocenters. The topological polar surface area (TPSA) is 97.0 Å². The zero-order valence-corrected chi connectivity index (χ0v) is 20.3. The van der Waals surface area contributed by atoms with E-state index >= 15 is 0 Å². The molecule has 1 amide bonds. The summed E-state index contributed by atoms with van der Waals surface area (Å²) in [6, 6.07) is 5.99. The molecule has 8 heteroatoms. The summed E-state index contributed by atoms with van der Waals surface area (Å²) >= 11 is 0. The lowest BCUT2D eigenvalue weighted by atomic mass is 9.92. The molecular formula is C25H32N6O2. The van der Waals surface area contributed by atoms with E-state index in [1.165, 1.54) is 0 Å². The van der Waals surface area contributed by atoms with Gasteiger partial charge in [0.2, 0.25) is 5.95 Å². The molecule has 1 N–H and O–H groups in total. The van der Waals surface area contributed by atoms with Crippen molar-refractivity contribution in [1.29, 1.82) is 0 Å². The predicted octanol–water partition coefficient (Wildman–Crippen LogP) is 4.98. The van der Waals surface area contributed by atoms with E-state index in [2.05, 4.69) is 26.5 Å². The van der Waals surface area contributed by atoms with Crippen molar-refractivity contribution >= 4 is 17.5 Å². The Bertz CT molecular complexity index is 1150. The van der Waals surface area contributed by atoms with Crippen LogP contribution in [0.15, 0.2) is 22.7 Å². The minimum Gasteiger partial charge on any atom is -0.361 e. The summed E-state index contributed by atoms with van der Waals surface area (Å²) in [5.41, 5.74) is 5.98. The van der Waals surface area contributed by atoms with E-state index in [1.54, 1.807) is 0 Å². The van der Waals surface area contributed by atoms with E-state index in [0.717, 1.165) is 53.5 Å². The minimum absolute atomic E-state index is 0.00297. The lowest BCUT2D eigenvalue weighted by molar-refractivity contribution is 0.0703. The summed E-state index contributed by atoms with van der Waals surface area (Å²) in [5, 5.41) is 7.45. The number of likely N-dealkylation sites (tertiary alicyclic amines) is 1. The van der Waals surface area contributed by atoms with Gasteiger partial charge in [0.05, 0.1) is 5.69 Å². The minimum atomic E-state index is -0.00297. The maximum Gasteiger partial charge on any atom is 0.259 e. The molecule has 0 bridgehead atoms. The van der Waals surface area contributed by atoms with Gasteiger partial charge in [-0.2, -0.15) is 0 Å². The average Bonchev–Trinajstić information content (AvgIpc) is 3.14. The van der Waals surface area contributed by atoms with Crippen LogP contribution in [0.5, 0.6) is 0 Å². The Morgan fingerprint density at radius 2 is 1.76 bits per heavy atom. The number of aromatic nitrogens is 4. The number of hydrogen-bond donors (Lipinski definition) is 1. The summed E-state index contributed by atoms with van der Waals surface area (Å²) in [7, 11) is 0. The maximum absolute atomic E-state index is 13.4. The summed E-state index contributed by atoms with van der Waals surface area (Å²) in [5.74, 6) is 1.44. The smallest absolute Gasteiger partial charge is 0.259 e. The van der Waals surface area contributed by atoms with E-state index in [1.807, 2.05) is 58.6 Å². The third kappa shape index (κ3) is 5.05. The van der Waals surface area contributed by atoms with Gasteiger partial charge < -0.3 is 14.7 Å². The van der Waals surface area contributed by atoms with E-state index < -0.39 is 0 Å². The van der Waals surface area contributed by atoms with Crippen LogP contribution in [0.25, 0.3) is 0 Å². The number of pyridine rings is 1. The van der Waals surface area contributed by atoms with Gasteiger partial charge in [0.1, 0.15) is 11.3 Å². The molecule has 0 aromatic carbocycles. The number of piperidine rings is 1. The van der Waals surface area contributed by atoms with E-state index in [4.69, 9.17) is 9.51 Å². The van der Waals surface area contributed by atoms with Gasteiger partial charge in [-0.05, 0) is 64.7 Å². The Labute approximate surface area is 194 Å². The van der Waals surface area contributed by atoms with Crippen LogP contribution in [0, 0.1) is 27.7 Å². The second-order valence-corrected chi connectivity index (χ2v) is 9.27. The molecule has 1 atom stereocenters. The fourth-order valence-corrected chi connectivity index (χ4v) is 4.49. The van der Waals surface area contributed by atoms with Gasteiger partial charge in [-0.1, -0.05) is 19.0 Å². The second kappa shape index (κ2) is 9.29. The van der Waals surface area contributed by atoms with Crippen LogP contribution in [0.4, 0.5) is 11.6 Å². The number of nitrogens with one attached hydrogen (secondary N) is 1. The number of hydrogen-bond acceptors (Lipinski definition) is 7. The third-order valence-electron chi connectivity index (χ3n) is 5.99. The van der Waals surface area contributed by atoms with E-state index in [-0.39, 0.29) is 17.7 Å². The summed E-state index contributed by atoms with van der Waals surface area (Å²) in [4.78, 5) is 29.1. The van der Waals surface area contributed by atoms with Crippen LogP contribution in [0.2, 0.25) is 0 Å². The van der Waals surface area contributed by atoms with Gasteiger partial charge in [0, 0.05) is 47.5 Å². The van der Waals surface area contributed by atoms with Crippen molar-refractivity contribution < 1.29 is 9.32 Å². The molecule has 8 nitrogen and oxygen atoms in total. The monoisotopic (exact) mass is 448 g/mol. The van der Waals surface area contributed by atoms with Crippen LogP contribution < -0.4 is 5.32 Å². The highest BCUT2D eigenvalue weighted by Crippen LogP contribution is 2.31. The summed E-state index contributed by atoms with van der Waals surface area (Å²) in [6.07, 6.45) is 1.91. The van der Waals surface area contributed by atoms with Crippen molar-refractivity contribution in [2.45, 2.75) is 66.2 Å². The van der Waals surface area contributed by atoms with Crippen molar-refractivity contribution in [3.63, 3.8) is 0 Å². The molecule has 1 aliphatic heterocycles. The third-order valence-corrected chi connectivity index (χ3v) is 5.99.